The summed E-state index contributed by atoms with van der Waals surface area (Å²) in [6, 6.07) is 1.62. The van der Waals surface area contributed by atoms with Crippen molar-refractivity contribution in [3.8, 4) is 0 Å². The molecular formula is C14H26N2. The van der Waals surface area contributed by atoms with Crippen LogP contribution in [0.25, 0.3) is 0 Å². The Morgan fingerprint density at radius 1 is 1.31 bits per heavy atom. The zero-order chi connectivity index (χ0) is 11.1. The van der Waals surface area contributed by atoms with Crippen molar-refractivity contribution in [1.82, 2.24) is 10.2 Å². The minimum atomic E-state index is 0.808. The van der Waals surface area contributed by atoms with E-state index in [1.165, 1.54) is 45.3 Å². The highest BCUT2D eigenvalue weighted by Crippen LogP contribution is 2.40. The van der Waals surface area contributed by atoms with Crippen LogP contribution in [0.15, 0.2) is 0 Å². The fourth-order valence-electron chi connectivity index (χ4n) is 3.28. The van der Waals surface area contributed by atoms with E-state index in [0.717, 1.165) is 29.8 Å². The molecule has 2 saturated carbocycles. The summed E-state index contributed by atoms with van der Waals surface area (Å²) >= 11 is 0. The van der Waals surface area contributed by atoms with Crippen LogP contribution in [-0.2, 0) is 0 Å². The Labute approximate surface area is 99.8 Å². The van der Waals surface area contributed by atoms with Crippen molar-refractivity contribution in [2.75, 3.05) is 19.6 Å². The largest absolute Gasteiger partial charge is 0.311 e. The highest BCUT2D eigenvalue weighted by atomic mass is 15.2. The van der Waals surface area contributed by atoms with Gasteiger partial charge in [0.2, 0.25) is 0 Å². The maximum absolute atomic E-state index is 3.78. The number of nitrogens with one attached hydrogen (secondary N) is 1. The number of nitrogens with zero attached hydrogens (tertiary/aromatic N) is 1. The van der Waals surface area contributed by atoms with Crippen LogP contribution in [0.2, 0.25) is 0 Å². The maximum atomic E-state index is 3.78. The van der Waals surface area contributed by atoms with Crippen LogP contribution < -0.4 is 5.32 Å². The van der Waals surface area contributed by atoms with Crippen LogP contribution in [0.3, 0.4) is 0 Å². The molecule has 1 aliphatic heterocycles. The third kappa shape index (κ3) is 2.28. The van der Waals surface area contributed by atoms with E-state index in [0.29, 0.717) is 0 Å². The number of rotatable bonds is 4. The summed E-state index contributed by atoms with van der Waals surface area (Å²) in [5, 5.41) is 3.78. The second kappa shape index (κ2) is 4.30. The van der Waals surface area contributed by atoms with Crippen molar-refractivity contribution in [3.05, 3.63) is 0 Å². The lowest BCUT2D eigenvalue weighted by atomic mass is 10.0. The Morgan fingerprint density at radius 3 is 2.62 bits per heavy atom. The molecule has 0 amide bonds. The second-order valence-corrected chi connectivity index (χ2v) is 6.34. The standard InChI is InChI=1S/C14H26N2/c1-3-13-7-15-14(11-4-5-11)9-16(13)8-12-6-10(12)2/h10-15H,3-9H2,1-2H3. The lowest BCUT2D eigenvalue weighted by Crippen LogP contribution is -2.57. The summed E-state index contributed by atoms with van der Waals surface area (Å²) in [7, 11) is 0. The number of piperazine rings is 1. The van der Waals surface area contributed by atoms with Gasteiger partial charge in [-0.3, -0.25) is 4.90 Å². The average molecular weight is 222 g/mol. The van der Waals surface area contributed by atoms with E-state index in [2.05, 4.69) is 24.1 Å². The van der Waals surface area contributed by atoms with Gasteiger partial charge in [-0.15, -0.1) is 0 Å². The predicted molar refractivity (Wildman–Crippen MR) is 67.4 cm³/mol. The van der Waals surface area contributed by atoms with Crippen LogP contribution >= 0.6 is 0 Å². The molecule has 1 heterocycles. The third-order valence-corrected chi connectivity index (χ3v) is 4.97. The van der Waals surface area contributed by atoms with Crippen molar-refractivity contribution >= 4 is 0 Å². The Balaban J connectivity index is 1.56. The summed E-state index contributed by atoms with van der Waals surface area (Å²) in [6.45, 7) is 8.69. The van der Waals surface area contributed by atoms with Crippen molar-refractivity contribution < 1.29 is 0 Å². The topological polar surface area (TPSA) is 15.3 Å². The van der Waals surface area contributed by atoms with Gasteiger partial charge in [0, 0.05) is 31.7 Å². The highest BCUT2D eigenvalue weighted by molar-refractivity contribution is 4.96. The summed E-state index contributed by atoms with van der Waals surface area (Å²) in [5.74, 6) is 3.04. The SMILES string of the molecule is CCC1CNC(C2CC2)CN1CC1CC1C. The number of hydrogen-bond donors (Lipinski definition) is 1. The van der Waals surface area contributed by atoms with Gasteiger partial charge in [-0.2, -0.15) is 0 Å². The molecule has 0 bridgehead atoms. The van der Waals surface area contributed by atoms with Crippen molar-refractivity contribution in [2.24, 2.45) is 17.8 Å². The summed E-state index contributed by atoms with van der Waals surface area (Å²) in [4.78, 5) is 2.80. The van der Waals surface area contributed by atoms with Crippen LogP contribution in [0.5, 0.6) is 0 Å². The molecular weight excluding hydrogens is 196 g/mol. The second-order valence-electron chi connectivity index (χ2n) is 6.34. The molecule has 92 valence electrons. The smallest absolute Gasteiger partial charge is 0.0224 e. The van der Waals surface area contributed by atoms with Crippen molar-refractivity contribution in [3.63, 3.8) is 0 Å². The summed E-state index contributed by atoms with van der Waals surface area (Å²) < 4.78 is 0. The van der Waals surface area contributed by atoms with Gasteiger partial charge in [0.1, 0.15) is 0 Å². The van der Waals surface area contributed by atoms with E-state index in [1.54, 1.807) is 0 Å². The molecule has 0 spiro atoms. The van der Waals surface area contributed by atoms with Crippen molar-refractivity contribution in [1.29, 1.82) is 0 Å². The van der Waals surface area contributed by atoms with Crippen LogP contribution in [0.4, 0.5) is 0 Å². The van der Waals surface area contributed by atoms with Crippen molar-refractivity contribution in [2.45, 2.75) is 51.6 Å². The minimum absolute atomic E-state index is 0.808. The van der Waals surface area contributed by atoms with Gasteiger partial charge in [0.05, 0.1) is 0 Å². The molecule has 2 nitrogen and oxygen atoms in total. The van der Waals surface area contributed by atoms with Gasteiger partial charge < -0.3 is 5.32 Å². The van der Waals surface area contributed by atoms with Gasteiger partial charge in [-0.05, 0) is 43.4 Å². The third-order valence-electron chi connectivity index (χ3n) is 4.97. The molecule has 3 fully saturated rings. The van der Waals surface area contributed by atoms with Gasteiger partial charge in [-0.25, -0.2) is 0 Å². The van der Waals surface area contributed by atoms with Gasteiger partial charge in [0.25, 0.3) is 0 Å². The summed E-state index contributed by atoms with van der Waals surface area (Å²) in [5.41, 5.74) is 0. The van der Waals surface area contributed by atoms with Gasteiger partial charge in [-0.1, -0.05) is 13.8 Å². The monoisotopic (exact) mass is 222 g/mol. The molecule has 1 saturated heterocycles. The molecule has 0 aromatic heterocycles. The Bertz CT molecular complexity index is 249. The molecule has 4 unspecified atom stereocenters. The van der Waals surface area contributed by atoms with Crippen LogP contribution in [0, 0.1) is 17.8 Å². The molecule has 3 aliphatic rings. The molecule has 0 radical (unpaired) electrons. The Kier molecular flexibility index (Phi) is 2.97. The molecule has 16 heavy (non-hydrogen) atoms. The highest BCUT2D eigenvalue weighted by Gasteiger charge is 2.40. The molecule has 4 atom stereocenters. The molecule has 3 rings (SSSR count). The molecule has 0 aromatic carbocycles. The average Bonchev–Trinajstić information content (AvgIpc) is 3.17. The fraction of sp³-hybridized carbons (Fsp3) is 1.00. The first-order valence-corrected chi connectivity index (χ1v) is 7.25. The zero-order valence-corrected chi connectivity index (χ0v) is 10.8. The fourth-order valence-corrected chi connectivity index (χ4v) is 3.28. The first-order chi connectivity index (χ1) is 7.78. The lowest BCUT2D eigenvalue weighted by molar-refractivity contribution is 0.112. The molecule has 0 aromatic rings. The predicted octanol–water partition coefficient (Wildman–Crippen LogP) is 2.10. The summed E-state index contributed by atoms with van der Waals surface area (Å²) in [6.07, 6.45) is 5.74. The molecule has 2 heteroatoms. The van der Waals surface area contributed by atoms with E-state index in [4.69, 9.17) is 0 Å². The first-order valence-electron chi connectivity index (χ1n) is 7.25. The van der Waals surface area contributed by atoms with E-state index >= 15 is 0 Å². The number of hydrogen-bond acceptors (Lipinski definition) is 2. The van der Waals surface area contributed by atoms with E-state index in [1.807, 2.05) is 0 Å². The van der Waals surface area contributed by atoms with Crippen LogP contribution in [0.1, 0.15) is 39.5 Å². The normalized spacial score (nSPS) is 44.6. The minimum Gasteiger partial charge on any atom is -0.311 e. The molecule has 1 N–H and O–H groups in total. The lowest BCUT2D eigenvalue weighted by Gasteiger charge is -2.40. The van der Waals surface area contributed by atoms with Gasteiger partial charge in [0.15, 0.2) is 0 Å². The first kappa shape index (κ1) is 11.0. The Hall–Kier alpha value is -0.0800. The van der Waals surface area contributed by atoms with E-state index in [9.17, 15) is 0 Å². The quantitative estimate of drug-likeness (QED) is 0.783. The molecule has 2 aliphatic carbocycles. The zero-order valence-electron chi connectivity index (χ0n) is 10.8. The van der Waals surface area contributed by atoms with E-state index < -0.39 is 0 Å². The van der Waals surface area contributed by atoms with Gasteiger partial charge >= 0.3 is 0 Å². The maximum Gasteiger partial charge on any atom is 0.0224 e. The van der Waals surface area contributed by atoms with E-state index in [-0.39, 0.29) is 0 Å². The Morgan fingerprint density at radius 2 is 2.06 bits per heavy atom. The van der Waals surface area contributed by atoms with Crippen LogP contribution in [-0.4, -0.2) is 36.6 Å².